The Kier molecular flexibility index (Phi) is 5.65. The lowest BCUT2D eigenvalue weighted by molar-refractivity contribution is -0.460. The first-order valence-corrected chi connectivity index (χ1v) is 10.1. The summed E-state index contributed by atoms with van der Waals surface area (Å²) in [5, 5.41) is 10.3. The number of rotatable bonds is 7. The van der Waals surface area contributed by atoms with Crippen molar-refractivity contribution in [1.82, 2.24) is 0 Å². The fourth-order valence-corrected chi connectivity index (χ4v) is 4.22. The third-order valence-corrected chi connectivity index (χ3v) is 4.56. The first-order chi connectivity index (χ1) is 6.68. The minimum absolute atomic E-state index is 0.155. The summed E-state index contributed by atoms with van der Waals surface area (Å²) >= 11 is 0. The van der Waals surface area contributed by atoms with Crippen molar-refractivity contribution in [1.29, 1.82) is 0 Å². The molecule has 0 heterocycles. The molecule has 0 amide bonds. The predicted octanol–water partition coefficient (Wildman–Crippen LogP) is 2.34. The highest BCUT2D eigenvalue weighted by molar-refractivity contribution is 7.58. The molecule has 0 saturated carbocycles. The van der Waals surface area contributed by atoms with Crippen molar-refractivity contribution in [3.05, 3.63) is 10.1 Å². The van der Waals surface area contributed by atoms with Crippen LogP contribution in [0.25, 0.3) is 0 Å². The molecule has 1 atom stereocenters. The Bertz CT molecular complexity index is 265. The lowest BCUT2D eigenvalue weighted by Gasteiger charge is -2.20. The van der Waals surface area contributed by atoms with E-state index in [4.69, 9.17) is 8.95 Å². The van der Waals surface area contributed by atoms with Crippen molar-refractivity contribution in [3.63, 3.8) is 0 Å². The lowest BCUT2D eigenvalue weighted by atomic mass is 10.9. The van der Waals surface area contributed by atoms with Gasteiger partial charge in [0.25, 0.3) is 13.7 Å². The SMILES string of the molecule is CCOP(=O)(CO[Si](C)(C)C)C[N+](=O)[O-]. The van der Waals surface area contributed by atoms with Gasteiger partial charge in [-0.3, -0.25) is 14.7 Å². The highest BCUT2D eigenvalue weighted by Gasteiger charge is 2.32. The smallest absolute Gasteiger partial charge is 0.295 e. The standard InChI is InChI=1S/C7H18NO5PSi/c1-5-12-14(11,6-8(9)10)7-13-15(2,3)4/h5-7H2,1-4H3. The van der Waals surface area contributed by atoms with Crippen LogP contribution in [0, 0.1) is 10.1 Å². The number of hydrogen-bond donors (Lipinski definition) is 0. The summed E-state index contributed by atoms with van der Waals surface area (Å²) in [6, 6.07) is 0. The molecule has 0 aliphatic carbocycles. The second kappa shape index (κ2) is 5.74. The zero-order valence-corrected chi connectivity index (χ0v) is 11.5. The van der Waals surface area contributed by atoms with Crippen molar-refractivity contribution in [2.75, 3.05) is 19.2 Å². The summed E-state index contributed by atoms with van der Waals surface area (Å²) in [7, 11) is -5.08. The lowest BCUT2D eigenvalue weighted by Crippen LogP contribution is -2.27. The Balaban J connectivity index is 4.38. The van der Waals surface area contributed by atoms with Gasteiger partial charge >= 0.3 is 0 Å². The van der Waals surface area contributed by atoms with Crippen LogP contribution < -0.4 is 0 Å². The highest BCUT2D eigenvalue weighted by atomic mass is 31.2. The molecule has 0 aliphatic rings. The topological polar surface area (TPSA) is 78.7 Å². The highest BCUT2D eigenvalue weighted by Crippen LogP contribution is 2.46. The monoisotopic (exact) mass is 255 g/mol. The summed E-state index contributed by atoms with van der Waals surface area (Å²) in [5.74, 6) is 0. The minimum Gasteiger partial charge on any atom is -0.408 e. The largest absolute Gasteiger partial charge is 0.408 e. The van der Waals surface area contributed by atoms with Crippen LogP contribution >= 0.6 is 7.37 Å². The summed E-state index contributed by atoms with van der Waals surface area (Å²) in [5.41, 5.74) is 0. The van der Waals surface area contributed by atoms with Crippen molar-refractivity contribution in [2.24, 2.45) is 0 Å². The maximum atomic E-state index is 11.9. The molecule has 0 aromatic heterocycles. The van der Waals surface area contributed by atoms with Gasteiger partial charge in [0.2, 0.25) is 0 Å². The fraction of sp³-hybridized carbons (Fsp3) is 1.00. The number of hydrogen-bond acceptors (Lipinski definition) is 5. The van der Waals surface area contributed by atoms with Gasteiger partial charge in [0.15, 0.2) is 8.32 Å². The molecule has 90 valence electrons. The molecule has 0 radical (unpaired) electrons. The molecule has 0 rings (SSSR count). The molecule has 0 saturated heterocycles. The molecule has 1 unspecified atom stereocenters. The van der Waals surface area contributed by atoms with Gasteiger partial charge in [-0.1, -0.05) is 0 Å². The fourth-order valence-electron chi connectivity index (χ4n) is 0.822. The van der Waals surface area contributed by atoms with E-state index in [1.807, 2.05) is 19.6 Å². The molecule has 0 fully saturated rings. The van der Waals surface area contributed by atoms with Crippen LogP contribution in [0.4, 0.5) is 0 Å². The van der Waals surface area contributed by atoms with E-state index in [1.54, 1.807) is 6.92 Å². The molecular weight excluding hydrogens is 237 g/mol. The normalized spacial score (nSPS) is 16.0. The van der Waals surface area contributed by atoms with E-state index < -0.39 is 26.9 Å². The van der Waals surface area contributed by atoms with Gasteiger partial charge in [0.1, 0.15) is 6.35 Å². The van der Waals surface area contributed by atoms with Crippen molar-refractivity contribution in [2.45, 2.75) is 26.6 Å². The van der Waals surface area contributed by atoms with E-state index in [1.165, 1.54) is 0 Å². The van der Waals surface area contributed by atoms with Crippen molar-refractivity contribution >= 4 is 15.7 Å². The average molecular weight is 255 g/mol. The number of nitro groups is 1. The Morgan fingerprint density at radius 3 is 2.27 bits per heavy atom. The van der Waals surface area contributed by atoms with Crippen LogP contribution in [-0.2, 0) is 13.5 Å². The predicted molar refractivity (Wildman–Crippen MR) is 60.4 cm³/mol. The van der Waals surface area contributed by atoms with Crippen LogP contribution in [0.15, 0.2) is 0 Å². The molecule has 0 bridgehead atoms. The van der Waals surface area contributed by atoms with E-state index >= 15 is 0 Å². The quantitative estimate of drug-likeness (QED) is 0.302. The van der Waals surface area contributed by atoms with Gasteiger partial charge in [-0.25, -0.2) is 0 Å². The van der Waals surface area contributed by atoms with E-state index in [0.717, 1.165) is 0 Å². The van der Waals surface area contributed by atoms with E-state index in [9.17, 15) is 14.7 Å². The third kappa shape index (κ3) is 7.67. The molecule has 8 heteroatoms. The maximum Gasteiger partial charge on any atom is 0.295 e. The average Bonchev–Trinajstić information content (AvgIpc) is 1.99. The zero-order chi connectivity index (χ0) is 12.1. The van der Waals surface area contributed by atoms with Crippen LogP contribution in [0.1, 0.15) is 6.92 Å². The van der Waals surface area contributed by atoms with Gasteiger partial charge < -0.3 is 8.95 Å². The zero-order valence-electron chi connectivity index (χ0n) is 9.56. The van der Waals surface area contributed by atoms with Gasteiger partial charge in [-0.05, 0) is 26.6 Å². The van der Waals surface area contributed by atoms with Crippen LogP contribution in [0.5, 0.6) is 0 Å². The molecular formula is C7H18NO5PSi. The summed E-state index contributed by atoms with van der Waals surface area (Å²) in [6.45, 7) is 7.63. The Morgan fingerprint density at radius 2 is 1.93 bits per heavy atom. The second-order valence-electron chi connectivity index (χ2n) is 4.09. The minimum atomic E-state index is -3.26. The Morgan fingerprint density at radius 1 is 1.40 bits per heavy atom. The van der Waals surface area contributed by atoms with Gasteiger partial charge in [0, 0.05) is 4.92 Å². The Labute approximate surface area is 90.7 Å². The van der Waals surface area contributed by atoms with E-state index in [2.05, 4.69) is 0 Å². The summed E-state index contributed by atoms with van der Waals surface area (Å²) in [4.78, 5) is 9.70. The van der Waals surface area contributed by atoms with Crippen molar-refractivity contribution < 1.29 is 18.4 Å². The molecule has 0 aromatic rings. The van der Waals surface area contributed by atoms with Gasteiger partial charge in [0.05, 0.1) is 6.61 Å². The molecule has 0 spiro atoms. The molecule has 15 heavy (non-hydrogen) atoms. The van der Waals surface area contributed by atoms with Gasteiger partial charge in [-0.15, -0.1) is 0 Å². The first-order valence-electron chi connectivity index (χ1n) is 4.67. The third-order valence-electron chi connectivity index (χ3n) is 1.39. The second-order valence-corrected chi connectivity index (χ2v) is 11.0. The molecule has 0 aromatic carbocycles. The molecule has 6 nitrogen and oxygen atoms in total. The van der Waals surface area contributed by atoms with E-state index in [-0.39, 0.29) is 13.0 Å². The van der Waals surface area contributed by atoms with Crippen LogP contribution in [0.2, 0.25) is 19.6 Å². The maximum absolute atomic E-state index is 11.9. The summed E-state index contributed by atoms with van der Waals surface area (Å²) < 4.78 is 22.2. The Hall–Kier alpha value is -0.233. The molecule has 0 aliphatic heterocycles. The van der Waals surface area contributed by atoms with E-state index in [0.29, 0.717) is 0 Å². The summed E-state index contributed by atoms with van der Waals surface area (Å²) in [6.07, 6.45) is -0.817. The van der Waals surface area contributed by atoms with Crippen LogP contribution in [0.3, 0.4) is 0 Å². The van der Waals surface area contributed by atoms with Gasteiger partial charge in [-0.2, -0.15) is 0 Å². The number of nitrogens with zero attached hydrogens (tertiary/aromatic N) is 1. The molecule has 0 N–H and O–H groups in total. The van der Waals surface area contributed by atoms with Crippen LogP contribution in [-0.4, -0.2) is 32.5 Å². The first kappa shape index (κ1) is 14.8. The van der Waals surface area contributed by atoms with Crippen molar-refractivity contribution in [3.8, 4) is 0 Å².